The molecule has 2 rings (SSSR count). The van der Waals surface area contributed by atoms with Gasteiger partial charge >= 0.3 is 151 Å². The van der Waals surface area contributed by atoms with Crippen LogP contribution >= 0.6 is 20.6 Å². The molecule has 0 saturated carbocycles. The number of ether oxygens (including phenoxy) is 4. The van der Waals surface area contributed by atoms with Crippen LogP contribution in [0.15, 0.2) is 24.3 Å². The Morgan fingerprint density at radius 1 is 1.06 bits per heavy atom. The van der Waals surface area contributed by atoms with E-state index in [1.165, 1.54) is 26.2 Å². The van der Waals surface area contributed by atoms with Crippen molar-refractivity contribution >= 4 is 32.5 Å². The van der Waals surface area contributed by atoms with Crippen LogP contribution in [0.3, 0.4) is 0 Å². The van der Waals surface area contributed by atoms with Gasteiger partial charge in [-0.3, -0.25) is 0 Å². The molecule has 0 radical (unpaired) electrons. The van der Waals surface area contributed by atoms with E-state index in [0.29, 0.717) is 58.4 Å². The summed E-state index contributed by atoms with van der Waals surface area (Å²) >= 11 is -2.44. The van der Waals surface area contributed by atoms with Crippen molar-refractivity contribution in [2.45, 2.75) is 29.6 Å². The molecule has 12 heteroatoms. The fraction of sp³-hybridized carbons (Fsp3) is 0.619. The molecule has 0 bridgehead atoms. The second kappa shape index (κ2) is 15.4. The van der Waals surface area contributed by atoms with Gasteiger partial charge in [-0.05, 0) is 24.3 Å². The SMILES string of the molecule is COI1O[C@H](COCCOCCOCCOc2ccc(C(=O)O)cc2)C[C@H](O)[C@H]1NC(C)=O. The summed E-state index contributed by atoms with van der Waals surface area (Å²) in [5, 5.41) is 21.8. The van der Waals surface area contributed by atoms with Crippen LogP contribution in [-0.2, 0) is 25.1 Å². The Labute approximate surface area is 201 Å². The summed E-state index contributed by atoms with van der Waals surface area (Å²) < 4.78 is 32.7. The van der Waals surface area contributed by atoms with Gasteiger partial charge in [-0.2, -0.15) is 0 Å². The van der Waals surface area contributed by atoms with Gasteiger partial charge in [0.1, 0.15) is 5.75 Å². The average Bonchev–Trinajstić information content (AvgIpc) is 2.79. The van der Waals surface area contributed by atoms with Gasteiger partial charge in [-0.1, -0.05) is 0 Å². The van der Waals surface area contributed by atoms with Gasteiger partial charge in [0, 0.05) is 0 Å². The molecule has 1 aliphatic rings. The summed E-state index contributed by atoms with van der Waals surface area (Å²) in [6.45, 7) is 4.03. The van der Waals surface area contributed by atoms with Crippen molar-refractivity contribution in [3.8, 4) is 5.75 Å². The molecule has 0 unspecified atom stereocenters. The molecule has 1 amide bonds. The average molecular weight is 585 g/mol. The second-order valence-corrected chi connectivity index (χ2v) is 11.1. The summed E-state index contributed by atoms with van der Waals surface area (Å²) in [6.07, 6.45) is -0.635. The summed E-state index contributed by atoms with van der Waals surface area (Å²) in [7, 11) is 1.52. The van der Waals surface area contributed by atoms with Crippen molar-refractivity contribution < 1.29 is 44.9 Å². The van der Waals surface area contributed by atoms with Gasteiger partial charge in [0.15, 0.2) is 0 Å². The number of benzene rings is 1. The van der Waals surface area contributed by atoms with Gasteiger partial charge in [0.2, 0.25) is 0 Å². The fourth-order valence-electron chi connectivity index (χ4n) is 2.85. The molecular formula is C21H32INO10. The first-order valence-electron chi connectivity index (χ1n) is 10.5. The zero-order chi connectivity index (χ0) is 24.1. The number of aliphatic hydroxyl groups excluding tert-OH is 1. The molecule has 1 aromatic rings. The van der Waals surface area contributed by atoms with Crippen LogP contribution in [0, 0.1) is 0 Å². The van der Waals surface area contributed by atoms with E-state index >= 15 is 0 Å². The van der Waals surface area contributed by atoms with Crippen LogP contribution in [0.5, 0.6) is 5.75 Å². The van der Waals surface area contributed by atoms with Crippen LogP contribution in [0.25, 0.3) is 0 Å². The van der Waals surface area contributed by atoms with Gasteiger partial charge in [-0.25, -0.2) is 4.79 Å². The standard InChI is InChI=1S/C21H32INO10/c1-15(24)23-20-19(25)13-18(33-22(20)28-2)14-31-10-9-29-7-8-30-11-12-32-17-5-3-16(4-6-17)21(26)27/h3-6,18-20,25H,7-14H2,1-2H3,(H,23,24)(H,26,27)/t18-,19-,20+/m0/s1. The minimum absolute atomic E-state index is 0.209. The number of nitrogens with one attached hydrogen (secondary N) is 1. The van der Waals surface area contributed by atoms with E-state index in [1.54, 1.807) is 12.1 Å². The third-order valence-electron chi connectivity index (χ3n) is 4.39. The molecule has 3 atom stereocenters. The van der Waals surface area contributed by atoms with Gasteiger partial charge in [0.05, 0.1) is 5.56 Å². The number of carboxylic acid groups (broad SMARTS) is 1. The Kier molecular flexibility index (Phi) is 12.9. The van der Waals surface area contributed by atoms with Crippen LogP contribution in [0.2, 0.25) is 0 Å². The third kappa shape index (κ3) is 10.5. The van der Waals surface area contributed by atoms with Crippen molar-refractivity contribution in [1.29, 1.82) is 0 Å². The molecular weight excluding hydrogens is 553 g/mol. The Balaban J connectivity index is 1.45. The molecule has 3 N–H and O–H groups in total. The van der Waals surface area contributed by atoms with Crippen molar-refractivity contribution in [3.63, 3.8) is 0 Å². The van der Waals surface area contributed by atoms with Gasteiger partial charge < -0.3 is 9.84 Å². The summed E-state index contributed by atoms with van der Waals surface area (Å²) in [5.74, 6) is -0.621. The number of aromatic carboxylic acids is 1. The molecule has 1 fully saturated rings. The molecule has 1 aliphatic heterocycles. The van der Waals surface area contributed by atoms with Crippen LogP contribution in [0.1, 0.15) is 23.7 Å². The Hall–Kier alpha value is -1.55. The van der Waals surface area contributed by atoms with E-state index in [2.05, 4.69) is 5.32 Å². The van der Waals surface area contributed by atoms with E-state index in [1.807, 2.05) is 0 Å². The zero-order valence-corrected chi connectivity index (χ0v) is 20.9. The molecule has 1 heterocycles. The first kappa shape index (κ1) is 27.7. The summed E-state index contributed by atoms with van der Waals surface area (Å²) in [6, 6.07) is 6.17. The number of amides is 1. The van der Waals surface area contributed by atoms with Crippen molar-refractivity contribution in [2.75, 3.05) is 53.4 Å². The Morgan fingerprint density at radius 2 is 1.67 bits per heavy atom. The fourth-order valence-corrected chi connectivity index (χ4v) is 6.65. The van der Waals surface area contributed by atoms with E-state index in [0.717, 1.165) is 0 Å². The first-order valence-corrected chi connectivity index (χ1v) is 13.5. The van der Waals surface area contributed by atoms with Gasteiger partial charge in [-0.15, -0.1) is 0 Å². The van der Waals surface area contributed by atoms with Crippen LogP contribution < -0.4 is 10.1 Å². The number of hydrogen-bond acceptors (Lipinski definition) is 9. The molecule has 33 heavy (non-hydrogen) atoms. The van der Waals surface area contributed by atoms with Gasteiger partial charge in [0.25, 0.3) is 0 Å². The normalized spacial score (nSPS) is 21.5. The third-order valence-corrected chi connectivity index (χ3v) is 8.71. The minimum atomic E-state index is -2.44. The zero-order valence-electron chi connectivity index (χ0n) is 18.7. The predicted octanol–water partition coefficient (Wildman–Crippen LogP) is 1.41. The second-order valence-electron chi connectivity index (χ2n) is 6.99. The van der Waals surface area contributed by atoms with E-state index < -0.39 is 36.8 Å². The number of carbonyl (C=O) groups is 2. The Morgan fingerprint density at radius 3 is 2.24 bits per heavy atom. The van der Waals surface area contributed by atoms with E-state index in [9.17, 15) is 14.7 Å². The first-order chi connectivity index (χ1) is 15.9. The number of alkyl halides is 1. The van der Waals surface area contributed by atoms with Crippen molar-refractivity contribution in [2.24, 2.45) is 0 Å². The number of rotatable bonds is 15. The monoisotopic (exact) mass is 585 g/mol. The molecule has 0 spiro atoms. The maximum absolute atomic E-state index is 11.3. The van der Waals surface area contributed by atoms with Crippen LogP contribution in [0.4, 0.5) is 0 Å². The Bertz CT molecular complexity index is 720. The van der Waals surface area contributed by atoms with Crippen molar-refractivity contribution in [3.05, 3.63) is 29.8 Å². The number of hydrogen-bond donors (Lipinski definition) is 3. The maximum atomic E-state index is 11.3. The van der Waals surface area contributed by atoms with Crippen molar-refractivity contribution in [1.82, 2.24) is 5.32 Å². The van der Waals surface area contributed by atoms with E-state index in [-0.39, 0.29) is 17.6 Å². The number of carbonyl (C=O) groups excluding carboxylic acids is 1. The number of halogens is 1. The molecule has 1 aromatic carbocycles. The molecule has 1 saturated heterocycles. The topological polar surface area (TPSA) is 142 Å². The van der Waals surface area contributed by atoms with E-state index in [4.69, 9.17) is 30.2 Å². The quantitative estimate of drug-likeness (QED) is 0.120. The number of aliphatic hydroxyl groups is 1. The predicted molar refractivity (Wildman–Crippen MR) is 125 cm³/mol. The molecule has 0 aliphatic carbocycles. The number of carboxylic acids is 1. The molecule has 0 aromatic heterocycles. The molecule has 188 valence electrons. The summed E-state index contributed by atoms with van der Waals surface area (Å²) in [4.78, 5) is 22.1. The molecule has 11 nitrogen and oxygen atoms in total. The summed E-state index contributed by atoms with van der Waals surface area (Å²) in [5.41, 5.74) is 0.209. The van der Waals surface area contributed by atoms with Crippen LogP contribution in [-0.4, -0.2) is 91.7 Å².